The average Bonchev–Trinajstić information content (AvgIpc) is 2.64. The van der Waals surface area contributed by atoms with Gasteiger partial charge in [-0.15, -0.1) is 0 Å². The molecular weight excluding hydrogens is 352 g/mol. The molecule has 1 saturated carbocycles. The normalized spacial score (nSPS) is 15.0. The minimum Gasteiger partial charge on any atom is -0.335 e. The van der Waals surface area contributed by atoms with Crippen molar-refractivity contribution in [2.75, 3.05) is 5.75 Å². The zero-order valence-electron chi connectivity index (χ0n) is 14.7. The quantitative estimate of drug-likeness (QED) is 0.632. The van der Waals surface area contributed by atoms with E-state index in [1.54, 1.807) is 25.2 Å². The van der Waals surface area contributed by atoms with Crippen molar-refractivity contribution in [3.05, 3.63) is 34.6 Å². The number of nitrogens with zero attached hydrogens (tertiary/aromatic N) is 2. The molecule has 0 radical (unpaired) electrons. The highest BCUT2D eigenvalue weighted by Crippen LogP contribution is 2.18. The summed E-state index contributed by atoms with van der Waals surface area (Å²) >= 11 is 1.13. The summed E-state index contributed by atoms with van der Waals surface area (Å²) in [5, 5.41) is 6.16. The molecule has 2 aromatic rings. The van der Waals surface area contributed by atoms with Gasteiger partial charge in [-0.05, 0) is 25.0 Å². The van der Waals surface area contributed by atoms with Crippen LogP contribution >= 0.6 is 11.8 Å². The van der Waals surface area contributed by atoms with Crippen molar-refractivity contribution in [1.29, 1.82) is 0 Å². The van der Waals surface area contributed by atoms with Gasteiger partial charge in [0.25, 0.3) is 5.56 Å². The molecule has 8 heteroatoms. The fraction of sp³-hybridized carbons (Fsp3) is 0.444. The number of nitrogens with one attached hydrogen (secondary N) is 2. The standard InChI is InChI=1S/C18H22N4O3S/c1-22-16(24)13-9-5-6-10-14(13)20-18(22)26-11-15(23)21-17(25)19-12-7-3-2-4-8-12/h5-6,9-10,12H,2-4,7-8,11H2,1H3,(H2,19,21,23,25). The second-order valence-corrected chi connectivity index (χ2v) is 7.36. The maximum atomic E-state index is 12.3. The van der Waals surface area contributed by atoms with Gasteiger partial charge < -0.3 is 5.32 Å². The number of aromatic nitrogens is 2. The first-order chi connectivity index (χ1) is 12.5. The Balaban J connectivity index is 1.57. The number of rotatable bonds is 4. The Bertz CT molecular complexity index is 874. The number of thioether (sulfide) groups is 1. The van der Waals surface area contributed by atoms with Crippen LogP contribution in [0.3, 0.4) is 0 Å². The predicted octanol–water partition coefficient (Wildman–Crippen LogP) is 2.18. The smallest absolute Gasteiger partial charge is 0.321 e. The number of amides is 3. The van der Waals surface area contributed by atoms with Crippen LogP contribution in [0.4, 0.5) is 4.79 Å². The fourth-order valence-electron chi connectivity index (χ4n) is 3.09. The molecule has 0 unspecified atom stereocenters. The highest BCUT2D eigenvalue weighted by molar-refractivity contribution is 7.99. The van der Waals surface area contributed by atoms with Crippen molar-refractivity contribution < 1.29 is 9.59 Å². The van der Waals surface area contributed by atoms with E-state index in [4.69, 9.17) is 0 Å². The number of benzene rings is 1. The lowest BCUT2D eigenvalue weighted by molar-refractivity contribution is -0.117. The third kappa shape index (κ3) is 4.43. The van der Waals surface area contributed by atoms with E-state index in [2.05, 4.69) is 15.6 Å². The molecule has 138 valence electrons. The van der Waals surface area contributed by atoms with Crippen molar-refractivity contribution in [2.24, 2.45) is 7.05 Å². The molecule has 0 bridgehead atoms. The SMILES string of the molecule is Cn1c(SCC(=O)NC(=O)NC2CCCCC2)nc2ccccc2c1=O. The molecule has 26 heavy (non-hydrogen) atoms. The molecule has 1 aromatic heterocycles. The van der Waals surface area contributed by atoms with E-state index in [1.165, 1.54) is 11.0 Å². The predicted molar refractivity (Wildman–Crippen MR) is 101 cm³/mol. The van der Waals surface area contributed by atoms with Gasteiger partial charge in [-0.3, -0.25) is 19.5 Å². The van der Waals surface area contributed by atoms with Gasteiger partial charge in [0.15, 0.2) is 5.16 Å². The number of hydrogen-bond acceptors (Lipinski definition) is 5. The van der Waals surface area contributed by atoms with Gasteiger partial charge in [-0.2, -0.15) is 0 Å². The summed E-state index contributed by atoms with van der Waals surface area (Å²) in [4.78, 5) is 40.7. The van der Waals surface area contributed by atoms with Crippen LogP contribution in [-0.2, 0) is 11.8 Å². The summed E-state index contributed by atoms with van der Waals surface area (Å²) in [6, 6.07) is 6.78. The Morgan fingerprint density at radius 1 is 1.23 bits per heavy atom. The minimum atomic E-state index is -0.456. The lowest BCUT2D eigenvalue weighted by Gasteiger charge is -2.22. The van der Waals surface area contributed by atoms with Gasteiger partial charge in [-0.25, -0.2) is 9.78 Å². The van der Waals surface area contributed by atoms with Crippen LogP contribution in [0.15, 0.2) is 34.2 Å². The summed E-state index contributed by atoms with van der Waals surface area (Å²) in [7, 11) is 1.62. The molecule has 1 aromatic carbocycles. The Morgan fingerprint density at radius 3 is 2.73 bits per heavy atom. The van der Waals surface area contributed by atoms with Gasteiger partial charge >= 0.3 is 6.03 Å². The van der Waals surface area contributed by atoms with Crippen LogP contribution in [0.5, 0.6) is 0 Å². The van der Waals surface area contributed by atoms with E-state index < -0.39 is 11.9 Å². The molecule has 1 aliphatic carbocycles. The van der Waals surface area contributed by atoms with E-state index in [9.17, 15) is 14.4 Å². The molecular formula is C18H22N4O3S. The second kappa shape index (κ2) is 8.35. The first-order valence-electron chi connectivity index (χ1n) is 8.73. The average molecular weight is 374 g/mol. The molecule has 0 aliphatic heterocycles. The zero-order chi connectivity index (χ0) is 18.5. The van der Waals surface area contributed by atoms with Crippen LogP contribution in [0, 0.1) is 0 Å². The number of carbonyl (C=O) groups excluding carboxylic acids is 2. The molecule has 1 fully saturated rings. The zero-order valence-corrected chi connectivity index (χ0v) is 15.5. The Morgan fingerprint density at radius 2 is 1.96 bits per heavy atom. The molecule has 3 rings (SSSR count). The van der Waals surface area contributed by atoms with Gasteiger partial charge in [-0.1, -0.05) is 43.2 Å². The largest absolute Gasteiger partial charge is 0.335 e. The lowest BCUT2D eigenvalue weighted by Crippen LogP contribution is -2.45. The van der Waals surface area contributed by atoms with Crippen LogP contribution in [0.1, 0.15) is 32.1 Å². The monoisotopic (exact) mass is 374 g/mol. The van der Waals surface area contributed by atoms with E-state index in [-0.39, 0.29) is 17.4 Å². The number of fused-ring (bicyclic) bond motifs is 1. The van der Waals surface area contributed by atoms with Crippen LogP contribution in [-0.4, -0.2) is 33.3 Å². The van der Waals surface area contributed by atoms with Crippen molar-refractivity contribution in [1.82, 2.24) is 20.2 Å². The summed E-state index contributed by atoms with van der Waals surface area (Å²) in [6.07, 6.45) is 5.33. The summed E-state index contributed by atoms with van der Waals surface area (Å²) in [5.74, 6) is -0.401. The van der Waals surface area contributed by atoms with Gasteiger partial charge in [0.05, 0.1) is 16.7 Å². The van der Waals surface area contributed by atoms with Crippen LogP contribution < -0.4 is 16.2 Å². The Labute approximate surface area is 155 Å². The lowest BCUT2D eigenvalue weighted by atomic mass is 9.96. The first-order valence-corrected chi connectivity index (χ1v) is 9.72. The number of para-hydroxylation sites is 1. The molecule has 3 amide bonds. The number of carbonyl (C=O) groups is 2. The third-order valence-electron chi connectivity index (χ3n) is 4.47. The molecule has 7 nitrogen and oxygen atoms in total. The molecule has 2 N–H and O–H groups in total. The van der Waals surface area contributed by atoms with Crippen molar-refractivity contribution in [3.63, 3.8) is 0 Å². The van der Waals surface area contributed by atoms with E-state index in [0.29, 0.717) is 16.1 Å². The van der Waals surface area contributed by atoms with Crippen LogP contribution in [0.2, 0.25) is 0 Å². The topological polar surface area (TPSA) is 93.1 Å². The molecule has 0 saturated heterocycles. The highest BCUT2D eigenvalue weighted by atomic mass is 32.2. The summed E-state index contributed by atoms with van der Waals surface area (Å²) in [5.41, 5.74) is 0.432. The van der Waals surface area contributed by atoms with Crippen molar-refractivity contribution in [2.45, 2.75) is 43.3 Å². The fourth-order valence-corrected chi connectivity index (χ4v) is 3.86. The van der Waals surface area contributed by atoms with Crippen molar-refractivity contribution >= 4 is 34.6 Å². The first kappa shape index (κ1) is 18.4. The number of hydrogen-bond donors (Lipinski definition) is 2. The maximum Gasteiger partial charge on any atom is 0.321 e. The summed E-state index contributed by atoms with van der Waals surface area (Å²) in [6.45, 7) is 0. The van der Waals surface area contributed by atoms with Gasteiger partial charge in [0.2, 0.25) is 5.91 Å². The Hall–Kier alpha value is -2.35. The van der Waals surface area contributed by atoms with E-state index in [0.717, 1.165) is 37.4 Å². The second-order valence-electron chi connectivity index (χ2n) is 6.42. The third-order valence-corrected chi connectivity index (χ3v) is 5.50. The van der Waals surface area contributed by atoms with Gasteiger partial charge in [0, 0.05) is 13.1 Å². The Kier molecular flexibility index (Phi) is 5.92. The number of imide groups is 1. The molecule has 1 aliphatic rings. The van der Waals surface area contributed by atoms with Gasteiger partial charge in [0.1, 0.15) is 0 Å². The molecule has 0 atom stereocenters. The van der Waals surface area contributed by atoms with Crippen molar-refractivity contribution in [3.8, 4) is 0 Å². The maximum absolute atomic E-state index is 12.3. The van der Waals surface area contributed by atoms with E-state index >= 15 is 0 Å². The number of urea groups is 1. The molecule has 0 spiro atoms. The minimum absolute atomic E-state index is 0.0106. The van der Waals surface area contributed by atoms with E-state index in [1.807, 2.05) is 6.07 Å². The van der Waals surface area contributed by atoms with Crippen LogP contribution in [0.25, 0.3) is 10.9 Å². The highest BCUT2D eigenvalue weighted by Gasteiger charge is 2.17. The summed E-state index contributed by atoms with van der Waals surface area (Å²) < 4.78 is 1.42. The molecule has 1 heterocycles.